The molecule has 6 heteroatoms. The van der Waals surface area contributed by atoms with Gasteiger partial charge in [0.2, 0.25) is 5.78 Å². The number of carbonyl (C=O) groups is 2. The minimum Gasteiger partial charge on any atom is -0.453 e. The Bertz CT molecular complexity index is 805. The van der Waals surface area contributed by atoms with E-state index in [1.54, 1.807) is 26.8 Å². The van der Waals surface area contributed by atoms with E-state index in [1.165, 1.54) is 23.1 Å². The van der Waals surface area contributed by atoms with Gasteiger partial charge in [0, 0.05) is 6.54 Å². The van der Waals surface area contributed by atoms with Crippen LogP contribution in [0.1, 0.15) is 50.6 Å². The van der Waals surface area contributed by atoms with Gasteiger partial charge in [0.25, 0.3) is 0 Å². The molecule has 1 saturated heterocycles. The number of hydrogen-bond donors (Lipinski definition) is 0. The molecule has 0 saturated carbocycles. The lowest BCUT2D eigenvalue weighted by atomic mass is 9.97. The number of Topliss-reactive ketones (excluding diaryl/α,β-unsaturated/α-hetero) is 1. The predicted molar refractivity (Wildman–Crippen MR) is 91.1 cm³/mol. The second-order valence-electron chi connectivity index (χ2n) is 7.31. The van der Waals surface area contributed by atoms with Crippen LogP contribution in [0.15, 0.2) is 28.7 Å². The molecule has 1 aromatic heterocycles. The number of fused-ring (bicyclic) bond motifs is 1. The molecule has 25 heavy (non-hydrogen) atoms. The molecule has 2 heterocycles. The number of ketones is 1. The zero-order chi connectivity index (χ0) is 18.2. The molecule has 1 atom stereocenters. The molecule has 1 aliphatic rings. The van der Waals surface area contributed by atoms with E-state index in [9.17, 15) is 14.0 Å². The Labute approximate surface area is 145 Å². The summed E-state index contributed by atoms with van der Waals surface area (Å²) in [6.45, 7) is 5.81. The van der Waals surface area contributed by atoms with E-state index in [-0.39, 0.29) is 16.9 Å². The third kappa shape index (κ3) is 3.67. The number of likely N-dealkylation sites (tertiary alicyclic amines) is 1. The maximum absolute atomic E-state index is 13.8. The molecule has 0 N–H and O–H groups in total. The van der Waals surface area contributed by atoms with Gasteiger partial charge in [-0.3, -0.25) is 9.69 Å². The number of amides is 1. The van der Waals surface area contributed by atoms with Gasteiger partial charge in [0.05, 0.1) is 5.39 Å². The van der Waals surface area contributed by atoms with Crippen LogP contribution in [0.2, 0.25) is 0 Å². The van der Waals surface area contributed by atoms with Crippen LogP contribution in [-0.2, 0) is 4.74 Å². The minimum absolute atomic E-state index is 0.0700. The molecule has 1 aliphatic heterocycles. The molecule has 0 bridgehead atoms. The third-order valence-electron chi connectivity index (χ3n) is 4.18. The summed E-state index contributed by atoms with van der Waals surface area (Å²) in [7, 11) is 0. The fourth-order valence-electron chi connectivity index (χ4n) is 3.05. The van der Waals surface area contributed by atoms with Crippen molar-refractivity contribution in [2.45, 2.75) is 51.7 Å². The first-order chi connectivity index (χ1) is 11.8. The van der Waals surface area contributed by atoms with Crippen molar-refractivity contribution in [3.63, 3.8) is 0 Å². The Morgan fingerprint density at radius 1 is 1.28 bits per heavy atom. The Balaban J connectivity index is 1.87. The van der Waals surface area contributed by atoms with Gasteiger partial charge in [0.1, 0.15) is 23.0 Å². The molecule has 1 fully saturated rings. The highest BCUT2D eigenvalue weighted by Gasteiger charge is 2.36. The Kier molecular flexibility index (Phi) is 4.54. The van der Waals surface area contributed by atoms with Crippen LogP contribution in [-0.4, -0.2) is 35.0 Å². The summed E-state index contributed by atoms with van der Waals surface area (Å²) < 4.78 is 24.8. The van der Waals surface area contributed by atoms with Crippen molar-refractivity contribution < 1.29 is 23.1 Å². The largest absolute Gasteiger partial charge is 0.453 e. The van der Waals surface area contributed by atoms with Crippen LogP contribution >= 0.6 is 0 Å². The SMILES string of the molecule is CC(C)(C)OC(=O)N1CCCCC1C(=O)c1cc2c(F)cccc2o1. The smallest absolute Gasteiger partial charge is 0.410 e. The summed E-state index contributed by atoms with van der Waals surface area (Å²) in [6, 6.07) is 5.23. The van der Waals surface area contributed by atoms with Gasteiger partial charge >= 0.3 is 6.09 Å². The predicted octanol–water partition coefficient (Wildman–Crippen LogP) is 4.54. The lowest BCUT2D eigenvalue weighted by molar-refractivity contribution is 0.0101. The molecule has 1 amide bonds. The van der Waals surface area contributed by atoms with Crippen molar-refractivity contribution in [2.24, 2.45) is 0 Å². The first-order valence-corrected chi connectivity index (χ1v) is 8.48. The van der Waals surface area contributed by atoms with Crippen LogP contribution in [0.4, 0.5) is 9.18 Å². The van der Waals surface area contributed by atoms with Crippen molar-refractivity contribution in [1.29, 1.82) is 0 Å². The highest BCUT2D eigenvalue weighted by Crippen LogP contribution is 2.27. The van der Waals surface area contributed by atoms with Gasteiger partial charge in [-0.15, -0.1) is 0 Å². The second-order valence-corrected chi connectivity index (χ2v) is 7.31. The summed E-state index contributed by atoms with van der Waals surface area (Å²) in [4.78, 5) is 26.8. The quantitative estimate of drug-likeness (QED) is 0.748. The fraction of sp³-hybridized carbons (Fsp3) is 0.474. The highest BCUT2D eigenvalue weighted by atomic mass is 19.1. The summed E-state index contributed by atoms with van der Waals surface area (Å²) >= 11 is 0. The third-order valence-corrected chi connectivity index (χ3v) is 4.18. The van der Waals surface area contributed by atoms with Gasteiger partial charge < -0.3 is 9.15 Å². The topological polar surface area (TPSA) is 59.8 Å². The van der Waals surface area contributed by atoms with Gasteiger partial charge in [-0.1, -0.05) is 6.07 Å². The van der Waals surface area contributed by atoms with Crippen molar-refractivity contribution in [3.05, 3.63) is 35.8 Å². The average molecular weight is 347 g/mol. The zero-order valence-corrected chi connectivity index (χ0v) is 14.7. The van der Waals surface area contributed by atoms with Crippen molar-refractivity contribution in [3.8, 4) is 0 Å². The molecule has 3 rings (SSSR count). The first kappa shape index (κ1) is 17.5. The Morgan fingerprint density at radius 2 is 2.04 bits per heavy atom. The number of piperidine rings is 1. The maximum atomic E-state index is 13.8. The van der Waals surface area contributed by atoms with Gasteiger partial charge in [0.15, 0.2) is 5.76 Å². The summed E-state index contributed by atoms with van der Waals surface area (Å²) in [5.41, 5.74) is -0.312. The van der Waals surface area contributed by atoms with Gasteiger partial charge in [-0.2, -0.15) is 0 Å². The van der Waals surface area contributed by atoms with Gasteiger partial charge in [-0.25, -0.2) is 9.18 Å². The van der Waals surface area contributed by atoms with Crippen molar-refractivity contribution in [1.82, 2.24) is 4.90 Å². The highest BCUT2D eigenvalue weighted by molar-refractivity contribution is 6.02. The molecule has 0 spiro atoms. The first-order valence-electron chi connectivity index (χ1n) is 8.48. The normalized spacial score (nSPS) is 18.4. The number of halogens is 1. The van der Waals surface area contributed by atoms with E-state index in [4.69, 9.17) is 9.15 Å². The van der Waals surface area contributed by atoms with Crippen molar-refractivity contribution in [2.75, 3.05) is 6.54 Å². The van der Waals surface area contributed by atoms with Crippen LogP contribution in [0.5, 0.6) is 0 Å². The van der Waals surface area contributed by atoms with Crippen LogP contribution < -0.4 is 0 Å². The molecule has 5 nitrogen and oxygen atoms in total. The van der Waals surface area contributed by atoms with E-state index in [0.29, 0.717) is 18.5 Å². The lowest BCUT2D eigenvalue weighted by Gasteiger charge is -2.35. The second kappa shape index (κ2) is 6.50. The number of ether oxygens (including phenoxy) is 1. The van der Waals surface area contributed by atoms with E-state index in [0.717, 1.165) is 12.8 Å². The summed E-state index contributed by atoms with van der Waals surface area (Å²) in [5, 5.41) is 0.269. The molecule has 0 aliphatic carbocycles. The number of nitrogens with zero attached hydrogens (tertiary/aromatic N) is 1. The number of rotatable bonds is 2. The molecule has 1 unspecified atom stereocenters. The Hall–Kier alpha value is -2.37. The lowest BCUT2D eigenvalue weighted by Crippen LogP contribution is -2.49. The van der Waals surface area contributed by atoms with E-state index >= 15 is 0 Å². The van der Waals surface area contributed by atoms with Crippen molar-refractivity contribution >= 4 is 22.8 Å². The standard InChI is InChI=1S/C19H22FNO4/c1-19(2,3)25-18(23)21-10-5-4-8-14(21)17(22)16-11-12-13(20)7-6-9-15(12)24-16/h6-7,9,11,14H,4-5,8,10H2,1-3H3. The van der Waals surface area contributed by atoms with Crippen LogP contribution in [0.3, 0.4) is 0 Å². The molecular weight excluding hydrogens is 325 g/mol. The zero-order valence-electron chi connectivity index (χ0n) is 14.7. The fourth-order valence-corrected chi connectivity index (χ4v) is 3.05. The molecule has 0 radical (unpaired) electrons. The molecule has 134 valence electrons. The molecule has 1 aromatic carbocycles. The monoisotopic (exact) mass is 347 g/mol. The van der Waals surface area contributed by atoms with E-state index in [2.05, 4.69) is 0 Å². The van der Waals surface area contributed by atoms with E-state index in [1.807, 2.05) is 0 Å². The summed E-state index contributed by atoms with van der Waals surface area (Å²) in [5.74, 6) is -0.685. The van der Waals surface area contributed by atoms with Gasteiger partial charge in [-0.05, 0) is 58.2 Å². The number of hydrogen-bond acceptors (Lipinski definition) is 4. The number of furan rings is 1. The molecular formula is C19H22FNO4. The number of benzene rings is 1. The van der Waals surface area contributed by atoms with Crippen LogP contribution in [0, 0.1) is 5.82 Å². The minimum atomic E-state index is -0.646. The molecule has 2 aromatic rings. The number of carbonyl (C=O) groups excluding carboxylic acids is 2. The summed E-state index contributed by atoms with van der Waals surface area (Å²) in [6.07, 6.45) is 1.69. The Morgan fingerprint density at radius 3 is 2.72 bits per heavy atom. The average Bonchev–Trinajstić information content (AvgIpc) is 2.98. The van der Waals surface area contributed by atoms with Crippen LogP contribution in [0.25, 0.3) is 11.0 Å². The maximum Gasteiger partial charge on any atom is 0.410 e. The van der Waals surface area contributed by atoms with E-state index < -0.39 is 23.6 Å².